The number of ether oxygens (including phenoxy) is 1. The van der Waals surface area contributed by atoms with E-state index < -0.39 is 12.0 Å². The minimum atomic E-state index is -0.598. The summed E-state index contributed by atoms with van der Waals surface area (Å²) >= 11 is 0. The molecule has 2 N–H and O–H groups in total. The van der Waals surface area contributed by atoms with Crippen molar-refractivity contribution in [2.45, 2.75) is 12.5 Å². The van der Waals surface area contributed by atoms with E-state index in [1.54, 1.807) is 0 Å². The molecule has 3 nitrogen and oxygen atoms in total. The fraction of sp³-hybridized carbons (Fsp3) is 0.273. The molecule has 0 spiro atoms. The lowest BCUT2D eigenvalue weighted by molar-refractivity contribution is -0.143. The number of hydrogen-bond donors (Lipinski definition) is 1. The van der Waals surface area contributed by atoms with Crippen molar-refractivity contribution in [2.24, 2.45) is 5.73 Å². The molecule has 0 fully saturated rings. The second-order valence-electron chi connectivity index (χ2n) is 2.96. The van der Waals surface area contributed by atoms with Crippen LogP contribution in [0.5, 0.6) is 0 Å². The van der Waals surface area contributed by atoms with Gasteiger partial charge in [0.05, 0.1) is 6.61 Å². The molecule has 1 aromatic carbocycles. The van der Waals surface area contributed by atoms with Gasteiger partial charge >= 0.3 is 5.97 Å². The van der Waals surface area contributed by atoms with Gasteiger partial charge < -0.3 is 10.5 Å². The van der Waals surface area contributed by atoms with Crippen molar-refractivity contribution in [3.8, 4) is 0 Å². The minimum Gasteiger partial charge on any atom is -0.465 e. The third-order valence-electron chi connectivity index (χ3n) is 1.85. The molecule has 0 unspecified atom stereocenters. The van der Waals surface area contributed by atoms with Crippen molar-refractivity contribution < 1.29 is 9.53 Å². The van der Waals surface area contributed by atoms with Crippen molar-refractivity contribution >= 4 is 5.97 Å². The number of hydrogen-bond acceptors (Lipinski definition) is 3. The van der Waals surface area contributed by atoms with Crippen molar-refractivity contribution in [3.63, 3.8) is 0 Å². The van der Waals surface area contributed by atoms with E-state index in [9.17, 15) is 4.79 Å². The molecule has 0 amide bonds. The molecule has 0 aliphatic carbocycles. The van der Waals surface area contributed by atoms with Crippen LogP contribution in [0.3, 0.4) is 0 Å². The number of carbonyl (C=O) groups excluding carboxylic acids is 1. The molecule has 0 aromatic heterocycles. The Kier molecular flexibility index (Phi) is 4.13. The average Bonchev–Trinajstić information content (AvgIpc) is 2.19. The van der Waals surface area contributed by atoms with Gasteiger partial charge in [-0.3, -0.25) is 4.79 Å². The average molecular weight is 192 g/mol. The predicted molar refractivity (Wildman–Crippen MR) is 54.4 cm³/mol. The van der Waals surface area contributed by atoms with Gasteiger partial charge in [-0.25, -0.2) is 0 Å². The van der Waals surface area contributed by atoms with Gasteiger partial charge in [0.2, 0.25) is 0 Å². The first kappa shape index (κ1) is 10.7. The van der Waals surface area contributed by atoms with E-state index in [1.807, 2.05) is 30.3 Å². The standard InChI is InChI=1S/C11H14NO2/c1-2-14-11(13)10(12)8-9-6-4-3-5-7-9/h3-7,10H,1-2,8,12H2/t10-/m0/s1. The Morgan fingerprint density at radius 2 is 2.07 bits per heavy atom. The lowest BCUT2D eigenvalue weighted by Crippen LogP contribution is -2.34. The lowest BCUT2D eigenvalue weighted by atomic mass is 10.1. The zero-order valence-corrected chi connectivity index (χ0v) is 7.98. The maximum absolute atomic E-state index is 11.2. The van der Waals surface area contributed by atoms with Crippen LogP contribution < -0.4 is 5.73 Å². The van der Waals surface area contributed by atoms with E-state index in [0.29, 0.717) is 6.42 Å². The van der Waals surface area contributed by atoms with Crippen molar-refractivity contribution in [1.29, 1.82) is 0 Å². The number of rotatable bonds is 4. The van der Waals surface area contributed by atoms with E-state index in [0.717, 1.165) is 5.56 Å². The molecule has 3 heteroatoms. The Morgan fingerprint density at radius 3 is 2.64 bits per heavy atom. The molecular weight excluding hydrogens is 178 g/mol. The summed E-state index contributed by atoms with van der Waals surface area (Å²) in [7, 11) is 0. The van der Waals surface area contributed by atoms with Gasteiger partial charge in [0.1, 0.15) is 6.04 Å². The van der Waals surface area contributed by atoms with Crippen LogP contribution in [-0.2, 0) is 16.0 Å². The third kappa shape index (κ3) is 3.18. The second-order valence-corrected chi connectivity index (χ2v) is 2.96. The summed E-state index contributed by atoms with van der Waals surface area (Å²) in [5, 5.41) is 0. The van der Waals surface area contributed by atoms with Gasteiger partial charge in [-0.15, -0.1) is 0 Å². The Hall–Kier alpha value is -1.35. The van der Waals surface area contributed by atoms with Crippen molar-refractivity contribution in [2.75, 3.05) is 6.61 Å². The Morgan fingerprint density at radius 1 is 1.43 bits per heavy atom. The minimum absolute atomic E-state index is 0.126. The molecule has 75 valence electrons. The normalized spacial score (nSPS) is 12.1. The molecule has 14 heavy (non-hydrogen) atoms. The van der Waals surface area contributed by atoms with Crippen LogP contribution in [0.2, 0.25) is 0 Å². The zero-order chi connectivity index (χ0) is 10.4. The maximum atomic E-state index is 11.2. The van der Waals surface area contributed by atoms with Crippen LogP contribution in [0, 0.1) is 6.92 Å². The molecule has 0 bridgehead atoms. The number of carbonyl (C=O) groups is 1. The van der Waals surface area contributed by atoms with Crippen LogP contribution >= 0.6 is 0 Å². The SMILES string of the molecule is [CH2]COC(=O)[C@@H](N)Cc1ccccc1. The molecule has 1 rings (SSSR count). The summed E-state index contributed by atoms with van der Waals surface area (Å²) in [6.07, 6.45) is 0.500. The molecule has 1 atom stereocenters. The van der Waals surface area contributed by atoms with Gasteiger partial charge in [0, 0.05) is 0 Å². The summed E-state index contributed by atoms with van der Waals surface area (Å²) in [4.78, 5) is 11.2. The van der Waals surface area contributed by atoms with Crippen LogP contribution in [0.4, 0.5) is 0 Å². The first-order valence-corrected chi connectivity index (χ1v) is 4.49. The molecule has 0 heterocycles. The molecule has 0 aliphatic rings. The van der Waals surface area contributed by atoms with Gasteiger partial charge in [0.15, 0.2) is 0 Å². The Labute approximate surface area is 83.9 Å². The largest absolute Gasteiger partial charge is 0.465 e. The highest BCUT2D eigenvalue weighted by Crippen LogP contribution is 2.02. The van der Waals surface area contributed by atoms with E-state index in [4.69, 9.17) is 10.5 Å². The number of nitrogens with two attached hydrogens (primary N) is 1. The molecule has 1 radical (unpaired) electrons. The first-order chi connectivity index (χ1) is 6.74. The van der Waals surface area contributed by atoms with Crippen LogP contribution in [0.25, 0.3) is 0 Å². The highest BCUT2D eigenvalue weighted by atomic mass is 16.5. The fourth-order valence-electron chi connectivity index (χ4n) is 1.16. The van der Waals surface area contributed by atoms with Crippen LogP contribution in [0.15, 0.2) is 30.3 Å². The van der Waals surface area contributed by atoms with Gasteiger partial charge in [-0.1, -0.05) is 30.3 Å². The Bertz CT molecular complexity index is 285. The third-order valence-corrected chi connectivity index (χ3v) is 1.85. The van der Waals surface area contributed by atoms with E-state index in [1.165, 1.54) is 0 Å². The van der Waals surface area contributed by atoms with Crippen molar-refractivity contribution in [1.82, 2.24) is 0 Å². The molecule has 0 saturated heterocycles. The van der Waals surface area contributed by atoms with E-state index >= 15 is 0 Å². The molecule has 1 aromatic rings. The Balaban J connectivity index is 2.49. The van der Waals surface area contributed by atoms with Crippen LogP contribution in [0.1, 0.15) is 5.56 Å². The monoisotopic (exact) mass is 192 g/mol. The van der Waals surface area contributed by atoms with Gasteiger partial charge in [0.25, 0.3) is 0 Å². The first-order valence-electron chi connectivity index (χ1n) is 4.49. The quantitative estimate of drug-likeness (QED) is 0.722. The summed E-state index contributed by atoms with van der Waals surface area (Å²) in [6.45, 7) is 3.54. The zero-order valence-electron chi connectivity index (χ0n) is 7.98. The maximum Gasteiger partial charge on any atom is 0.323 e. The van der Waals surface area contributed by atoms with Crippen LogP contribution in [-0.4, -0.2) is 18.6 Å². The molecule has 0 aliphatic heterocycles. The summed E-state index contributed by atoms with van der Waals surface area (Å²) in [5.41, 5.74) is 6.66. The van der Waals surface area contributed by atoms with Gasteiger partial charge in [-0.05, 0) is 18.9 Å². The highest BCUT2D eigenvalue weighted by molar-refractivity contribution is 5.75. The predicted octanol–water partition coefficient (Wildman–Crippen LogP) is 0.934. The van der Waals surface area contributed by atoms with E-state index in [-0.39, 0.29) is 6.61 Å². The van der Waals surface area contributed by atoms with Crippen molar-refractivity contribution in [3.05, 3.63) is 42.8 Å². The smallest absolute Gasteiger partial charge is 0.323 e. The van der Waals surface area contributed by atoms with E-state index in [2.05, 4.69) is 6.92 Å². The summed E-state index contributed by atoms with van der Waals surface area (Å²) in [6, 6.07) is 9.00. The fourth-order valence-corrected chi connectivity index (χ4v) is 1.16. The lowest BCUT2D eigenvalue weighted by Gasteiger charge is -2.09. The second kappa shape index (κ2) is 5.40. The molecule has 0 saturated carbocycles. The number of esters is 1. The topological polar surface area (TPSA) is 52.3 Å². The number of benzene rings is 1. The summed E-state index contributed by atoms with van der Waals surface area (Å²) < 4.78 is 4.70. The molecular formula is C11H14NO2. The summed E-state index contributed by atoms with van der Waals surface area (Å²) in [5.74, 6) is -0.399. The van der Waals surface area contributed by atoms with Gasteiger partial charge in [-0.2, -0.15) is 0 Å². The highest BCUT2D eigenvalue weighted by Gasteiger charge is 2.14.